The summed E-state index contributed by atoms with van der Waals surface area (Å²) in [5.41, 5.74) is 1.99. The van der Waals surface area contributed by atoms with Gasteiger partial charge in [-0.05, 0) is 54.7 Å². The highest BCUT2D eigenvalue weighted by atomic mass is 35.5. The summed E-state index contributed by atoms with van der Waals surface area (Å²) >= 11 is 6.31. The Kier molecular flexibility index (Phi) is 9.03. The second-order valence-corrected chi connectivity index (χ2v) is 14.4. The smallest absolute Gasteiger partial charge is 0.233 e. The second kappa shape index (κ2) is 12.1. The highest BCUT2D eigenvalue weighted by Gasteiger charge is 2.28. The molecule has 0 spiro atoms. The molecule has 1 saturated carbocycles. The molecule has 0 radical (unpaired) electrons. The average Bonchev–Trinajstić information content (AvgIpc) is 3.53. The number of sulfone groups is 1. The Hall–Kier alpha value is -2.89. The zero-order valence-corrected chi connectivity index (χ0v) is 24.3. The molecule has 12 heteroatoms. The van der Waals surface area contributed by atoms with Crippen LogP contribution in [0.15, 0.2) is 59.6 Å². The predicted molar refractivity (Wildman–Crippen MR) is 153 cm³/mol. The fraction of sp³-hybridized carbons (Fsp3) is 0.407. The highest BCUT2D eigenvalue weighted by molar-refractivity contribution is 7.92. The third-order valence-electron chi connectivity index (χ3n) is 6.93. The van der Waals surface area contributed by atoms with Crippen LogP contribution >= 0.6 is 11.6 Å². The molecular formula is C27H33ClN4O5S2. The largest absolute Gasteiger partial charge is 0.309 e. The van der Waals surface area contributed by atoms with Gasteiger partial charge in [0.15, 0.2) is 15.7 Å². The summed E-state index contributed by atoms with van der Waals surface area (Å²) < 4.78 is 52.0. The molecule has 0 aliphatic heterocycles. The summed E-state index contributed by atoms with van der Waals surface area (Å²) in [7, 11) is -6.86. The molecule has 1 fully saturated rings. The number of amides is 1. The fourth-order valence-corrected chi connectivity index (χ4v) is 6.88. The van der Waals surface area contributed by atoms with Gasteiger partial charge in [0.05, 0.1) is 28.1 Å². The number of anilines is 2. The number of hydrogen-bond donors (Lipinski definition) is 2. The average molecular weight is 593 g/mol. The van der Waals surface area contributed by atoms with Gasteiger partial charge >= 0.3 is 0 Å². The van der Waals surface area contributed by atoms with Crippen LogP contribution in [0.5, 0.6) is 0 Å². The normalized spacial score (nSPS) is 15.3. The molecule has 4 rings (SSSR count). The van der Waals surface area contributed by atoms with Crippen LogP contribution in [0, 0.1) is 5.92 Å². The van der Waals surface area contributed by atoms with Crippen LogP contribution in [0.25, 0.3) is 0 Å². The maximum atomic E-state index is 13.5. The first kappa shape index (κ1) is 29.1. The molecular weight excluding hydrogens is 560 g/mol. The molecule has 210 valence electrons. The van der Waals surface area contributed by atoms with Crippen molar-refractivity contribution in [2.45, 2.75) is 56.4 Å². The Morgan fingerprint density at radius 2 is 1.85 bits per heavy atom. The Balaban J connectivity index is 1.49. The molecule has 0 bridgehead atoms. The lowest BCUT2D eigenvalue weighted by atomic mass is 9.87. The van der Waals surface area contributed by atoms with Crippen molar-refractivity contribution < 1.29 is 21.6 Å². The van der Waals surface area contributed by atoms with E-state index in [-0.39, 0.29) is 21.6 Å². The van der Waals surface area contributed by atoms with Gasteiger partial charge in [-0.2, -0.15) is 5.10 Å². The maximum absolute atomic E-state index is 13.5. The maximum Gasteiger partial charge on any atom is 0.233 e. The Morgan fingerprint density at radius 1 is 1.10 bits per heavy atom. The molecule has 1 unspecified atom stereocenters. The molecule has 1 heterocycles. The van der Waals surface area contributed by atoms with Gasteiger partial charge in [0.1, 0.15) is 0 Å². The minimum absolute atomic E-state index is 0.0186. The number of aromatic nitrogens is 2. The Bertz CT molecular complexity index is 1550. The highest BCUT2D eigenvalue weighted by Crippen LogP contribution is 2.36. The Labute approximate surface area is 234 Å². The lowest BCUT2D eigenvalue weighted by Crippen LogP contribution is -2.23. The standard InChI is InChI=1S/C27H33ClN4O5S2/c1-3-39(36,37)31-22-10-6-9-20(15-22)18-32-14-13-26(30-32)29-27(33)23(16-19-7-4-5-8-19)21-11-12-25(24(28)17-21)38(2,34)35/h6,9-15,17,19,23,31H,3-5,7-8,16,18H2,1-2H3,(H,29,30,33). The molecule has 2 aromatic carbocycles. The number of carbonyl (C=O) groups is 1. The monoisotopic (exact) mass is 592 g/mol. The first-order chi connectivity index (χ1) is 18.4. The van der Waals surface area contributed by atoms with E-state index in [1.165, 1.54) is 6.07 Å². The molecule has 9 nitrogen and oxygen atoms in total. The Morgan fingerprint density at radius 3 is 2.51 bits per heavy atom. The zero-order chi connectivity index (χ0) is 28.2. The fourth-order valence-electron chi connectivity index (χ4n) is 4.91. The molecule has 1 aliphatic carbocycles. The molecule has 3 aromatic rings. The van der Waals surface area contributed by atoms with Crippen molar-refractivity contribution in [1.82, 2.24) is 9.78 Å². The second-order valence-electron chi connectivity index (χ2n) is 9.99. The first-order valence-electron chi connectivity index (χ1n) is 12.9. The van der Waals surface area contributed by atoms with E-state index in [9.17, 15) is 21.6 Å². The first-order valence-corrected chi connectivity index (χ1v) is 16.8. The van der Waals surface area contributed by atoms with Crippen molar-refractivity contribution in [2.24, 2.45) is 5.92 Å². The summed E-state index contributed by atoms with van der Waals surface area (Å²) in [5.74, 6) is 0.0380. The van der Waals surface area contributed by atoms with E-state index >= 15 is 0 Å². The number of nitrogens with one attached hydrogen (secondary N) is 2. The van der Waals surface area contributed by atoms with Crippen molar-refractivity contribution in [3.05, 3.63) is 70.9 Å². The summed E-state index contributed by atoms with van der Waals surface area (Å²) in [6.45, 7) is 1.95. The van der Waals surface area contributed by atoms with Crippen molar-refractivity contribution in [3.8, 4) is 0 Å². The number of halogens is 1. The van der Waals surface area contributed by atoms with Crippen molar-refractivity contribution in [3.63, 3.8) is 0 Å². The number of sulfonamides is 1. The zero-order valence-electron chi connectivity index (χ0n) is 21.9. The molecule has 39 heavy (non-hydrogen) atoms. The molecule has 0 saturated heterocycles. The summed E-state index contributed by atoms with van der Waals surface area (Å²) in [4.78, 5) is 13.5. The number of nitrogens with zero attached hydrogens (tertiary/aromatic N) is 2. The van der Waals surface area contributed by atoms with Gasteiger partial charge in [0.25, 0.3) is 0 Å². The van der Waals surface area contributed by atoms with Gasteiger partial charge < -0.3 is 5.32 Å². The van der Waals surface area contributed by atoms with E-state index in [1.54, 1.807) is 54.2 Å². The van der Waals surface area contributed by atoms with E-state index in [0.29, 0.717) is 36.0 Å². The number of rotatable bonds is 11. The van der Waals surface area contributed by atoms with Crippen LogP contribution in [0.4, 0.5) is 11.5 Å². The molecule has 1 amide bonds. The number of benzene rings is 2. The minimum Gasteiger partial charge on any atom is -0.309 e. The van der Waals surface area contributed by atoms with E-state index in [2.05, 4.69) is 15.1 Å². The van der Waals surface area contributed by atoms with E-state index < -0.39 is 25.8 Å². The summed E-state index contributed by atoms with van der Waals surface area (Å²) in [5, 5.41) is 7.49. The van der Waals surface area contributed by atoms with Gasteiger partial charge in [0, 0.05) is 24.2 Å². The van der Waals surface area contributed by atoms with Gasteiger partial charge in [-0.25, -0.2) is 16.8 Å². The number of hydrogen-bond acceptors (Lipinski definition) is 6. The minimum atomic E-state index is -3.48. The quantitative estimate of drug-likeness (QED) is 0.321. The number of carbonyl (C=O) groups excluding carboxylic acids is 1. The molecule has 1 aromatic heterocycles. The molecule has 1 atom stereocenters. The van der Waals surface area contributed by atoms with E-state index in [0.717, 1.165) is 37.5 Å². The lowest BCUT2D eigenvalue weighted by Gasteiger charge is -2.21. The SMILES string of the molecule is CCS(=O)(=O)Nc1cccc(Cn2ccc(NC(=O)C(CC3CCCC3)c3ccc(S(C)(=O)=O)c(Cl)c3)n2)c1. The predicted octanol–water partition coefficient (Wildman–Crippen LogP) is 5.05. The van der Waals surface area contributed by atoms with Gasteiger partial charge in [-0.15, -0.1) is 0 Å². The van der Waals surface area contributed by atoms with Gasteiger partial charge in [0.2, 0.25) is 15.9 Å². The van der Waals surface area contributed by atoms with Crippen molar-refractivity contribution in [2.75, 3.05) is 22.0 Å². The van der Waals surface area contributed by atoms with Gasteiger partial charge in [-0.3, -0.25) is 14.2 Å². The molecule has 1 aliphatic rings. The third-order valence-corrected chi connectivity index (χ3v) is 9.82. The van der Waals surface area contributed by atoms with Crippen LogP contribution in [0.3, 0.4) is 0 Å². The van der Waals surface area contributed by atoms with E-state index in [4.69, 9.17) is 11.6 Å². The van der Waals surface area contributed by atoms with E-state index in [1.807, 2.05) is 6.07 Å². The topological polar surface area (TPSA) is 127 Å². The third kappa shape index (κ3) is 7.83. The van der Waals surface area contributed by atoms with Crippen LogP contribution in [-0.4, -0.2) is 44.5 Å². The summed E-state index contributed by atoms with van der Waals surface area (Å²) in [6, 6.07) is 13.5. The van der Waals surface area contributed by atoms with Crippen molar-refractivity contribution >= 4 is 48.9 Å². The van der Waals surface area contributed by atoms with Gasteiger partial charge in [-0.1, -0.05) is 55.5 Å². The van der Waals surface area contributed by atoms with Crippen LogP contribution < -0.4 is 10.0 Å². The van der Waals surface area contributed by atoms with Crippen LogP contribution in [0.1, 0.15) is 56.1 Å². The van der Waals surface area contributed by atoms with Crippen molar-refractivity contribution in [1.29, 1.82) is 0 Å². The van der Waals surface area contributed by atoms with Crippen LogP contribution in [-0.2, 0) is 31.2 Å². The lowest BCUT2D eigenvalue weighted by molar-refractivity contribution is -0.118. The van der Waals surface area contributed by atoms with Crippen LogP contribution in [0.2, 0.25) is 5.02 Å². The molecule has 2 N–H and O–H groups in total. The summed E-state index contributed by atoms with van der Waals surface area (Å²) in [6.07, 6.45) is 7.87.